The van der Waals surface area contributed by atoms with Gasteiger partial charge in [-0.3, -0.25) is 14.0 Å². The maximum absolute atomic E-state index is 13.3. The van der Waals surface area contributed by atoms with E-state index in [-0.39, 0.29) is 28.4 Å². The van der Waals surface area contributed by atoms with Crippen LogP contribution in [0.25, 0.3) is 0 Å². The molecule has 8 nitrogen and oxygen atoms in total. The number of amides is 1. The Balaban J connectivity index is 1.29. The molecule has 2 fully saturated rings. The van der Waals surface area contributed by atoms with E-state index in [4.69, 9.17) is 0 Å². The molecule has 3 aliphatic rings. The predicted molar refractivity (Wildman–Crippen MR) is 126 cm³/mol. The highest BCUT2D eigenvalue weighted by molar-refractivity contribution is 7.93. The number of sulfonamides is 1. The fourth-order valence-electron chi connectivity index (χ4n) is 5.01. The van der Waals surface area contributed by atoms with E-state index in [9.17, 15) is 21.6 Å². The summed E-state index contributed by atoms with van der Waals surface area (Å²) in [5.41, 5.74) is 2.04. The Kier molecular flexibility index (Phi) is 5.70. The fraction of sp³-hybridized carbons (Fsp3) is 0.435. The van der Waals surface area contributed by atoms with Gasteiger partial charge in [0, 0.05) is 44.3 Å². The highest BCUT2D eigenvalue weighted by atomic mass is 32.2. The lowest BCUT2D eigenvalue weighted by molar-refractivity contribution is 0.0587. The third-order valence-electron chi connectivity index (χ3n) is 6.84. The molecule has 0 aromatic heterocycles. The number of benzene rings is 2. The molecule has 5 rings (SSSR count). The van der Waals surface area contributed by atoms with Crippen LogP contribution in [0.4, 0.5) is 5.69 Å². The summed E-state index contributed by atoms with van der Waals surface area (Å²) in [7, 11) is -6.72. The van der Waals surface area contributed by atoms with Gasteiger partial charge in [-0.2, -0.15) is 0 Å². The Morgan fingerprint density at radius 2 is 1.70 bits per heavy atom. The molecular formula is C23H27N3O5S2. The molecule has 10 heteroatoms. The van der Waals surface area contributed by atoms with Crippen molar-refractivity contribution in [1.29, 1.82) is 0 Å². The van der Waals surface area contributed by atoms with Gasteiger partial charge in [0.05, 0.1) is 22.1 Å². The molecule has 2 aromatic rings. The smallest absolute Gasteiger partial charge is 0.264 e. The summed E-state index contributed by atoms with van der Waals surface area (Å²) < 4.78 is 51.6. The van der Waals surface area contributed by atoms with Gasteiger partial charge >= 0.3 is 0 Å². The zero-order valence-corrected chi connectivity index (χ0v) is 19.9. The normalized spacial score (nSPS) is 23.0. The minimum Gasteiger partial charge on any atom is -0.336 e. The van der Waals surface area contributed by atoms with Gasteiger partial charge in [-0.15, -0.1) is 0 Å². The van der Waals surface area contributed by atoms with Crippen molar-refractivity contribution in [3.8, 4) is 0 Å². The summed E-state index contributed by atoms with van der Waals surface area (Å²) in [5, 5.41) is 0. The zero-order valence-electron chi connectivity index (χ0n) is 18.3. The van der Waals surface area contributed by atoms with Gasteiger partial charge in [0.25, 0.3) is 15.9 Å². The molecule has 0 saturated carbocycles. The minimum atomic E-state index is -3.77. The molecule has 1 atom stereocenters. The number of carbonyl (C=O) groups is 1. The number of rotatable bonds is 4. The molecule has 1 amide bonds. The first-order chi connectivity index (χ1) is 15.7. The monoisotopic (exact) mass is 489 g/mol. The van der Waals surface area contributed by atoms with Crippen molar-refractivity contribution in [2.75, 3.05) is 48.5 Å². The van der Waals surface area contributed by atoms with E-state index < -0.39 is 19.9 Å². The lowest BCUT2D eigenvalue weighted by Gasteiger charge is -2.37. The molecule has 176 valence electrons. The Labute approximate surface area is 194 Å². The quantitative estimate of drug-likeness (QED) is 0.644. The van der Waals surface area contributed by atoms with Gasteiger partial charge in [0.1, 0.15) is 0 Å². The van der Waals surface area contributed by atoms with Crippen LogP contribution in [0.2, 0.25) is 0 Å². The molecule has 0 bridgehead atoms. The summed E-state index contributed by atoms with van der Waals surface area (Å²) >= 11 is 0. The van der Waals surface area contributed by atoms with Gasteiger partial charge in [-0.1, -0.05) is 24.3 Å². The summed E-state index contributed by atoms with van der Waals surface area (Å²) in [6.07, 6.45) is 1.32. The predicted octanol–water partition coefficient (Wildman–Crippen LogP) is 1.38. The van der Waals surface area contributed by atoms with E-state index in [0.29, 0.717) is 56.8 Å². The van der Waals surface area contributed by atoms with Gasteiger partial charge < -0.3 is 4.90 Å². The average Bonchev–Trinajstić information content (AvgIpc) is 3.42. The molecule has 3 aliphatic heterocycles. The number of hydrogen-bond donors (Lipinski definition) is 0. The largest absolute Gasteiger partial charge is 0.336 e. The Morgan fingerprint density at radius 1 is 0.939 bits per heavy atom. The summed E-state index contributed by atoms with van der Waals surface area (Å²) in [4.78, 5) is 17.1. The van der Waals surface area contributed by atoms with Crippen molar-refractivity contribution in [2.24, 2.45) is 0 Å². The van der Waals surface area contributed by atoms with Crippen LogP contribution in [0, 0.1) is 0 Å². The second-order valence-electron chi connectivity index (χ2n) is 8.87. The second-order valence-corrected chi connectivity index (χ2v) is 13.0. The lowest BCUT2D eigenvalue weighted by Crippen LogP contribution is -2.52. The van der Waals surface area contributed by atoms with Crippen molar-refractivity contribution in [3.05, 3.63) is 59.7 Å². The van der Waals surface area contributed by atoms with Gasteiger partial charge in [0.2, 0.25) is 0 Å². The molecule has 2 saturated heterocycles. The van der Waals surface area contributed by atoms with Crippen LogP contribution >= 0.6 is 0 Å². The molecule has 0 radical (unpaired) electrons. The van der Waals surface area contributed by atoms with Crippen LogP contribution in [0.3, 0.4) is 0 Å². The zero-order chi connectivity index (χ0) is 23.2. The van der Waals surface area contributed by atoms with E-state index in [1.807, 2.05) is 24.3 Å². The van der Waals surface area contributed by atoms with Gasteiger partial charge in [0.15, 0.2) is 9.84 Å². The van der Waals surface area contributed by atoms with Crippen molar-refractivity contribution >= 4 is 31.5 Å². The second kappa shape index (κ2) is 8.41. The first-order valence-corrected chi connectivity index (χ1v) is 14.5. The number of hydrogen-bond acceptors (Lipinski definition) is 6. The Hall–Kier alpha value is -2.43. The summed E-state index contributed by atoms with van der Waals surface area (Å²) in [5.74, 6) is 0.229. The van der Waals surface area contributed by atoms with Crippen molar-refractivity contribution in [1.82, 2.24) is 9.80 Å². The van der Waals surface area contributed by atoms with Crippen LogP contribution in [-0.2, 0) is 26.3 Å². The van der Waals surface area contributed by atoms with Crippen LogP contribution in [0.5, 0.6) is 0 Å². The number of piperazine rings is 1. The number of para-hydroxylation sites is 1. The molecule has 0 aliphatic carbocycles. The molecule has 3 heterocycles. The maximum atomic E-state index is 13.3. The molecule has 0 spiro atoms. The SMILES string of the molecule is O=C(c1cccc(S(=O)(=O)N2CCc3ccccc32)c1)N1CCN([C@H]2CCS(=O)(=O)C2)CC1. The summed E-state index contributed by atoms with van der Waals surface area (Å²) in [6, 6.07) is 13.8. The molecule has 0 N–H and O–H groups in total. The minimum absolute atomic E-state index is 0.0315. The summed E-state index contributed by atoms with van der Waals surface area (Å²) in [6.45, 7) is 2.61. The highest BCUT2D eigenvalue weighted by Gasteiger charge is 2.35. The van der Waals surface area contributed by atoms with E-state index in [1.54, 1.807) is 17.0 Å². The maximum Gasteiger partial charge on any atom is 0.264 e. The van der Waals surface area contributed by atoms with E-state index >= 15 is 0 Å². The lowest BCUT2D eigenvalue weighted by atomic mass is 10.1. The fourth-order valence-corrected chi connectivity index (χ4v) is 8.32. The number of anilines is 1. The Bertz CT molecular complexity index is 1280. The van der Waals surface area contributed by atoms with Gasteiger partial charge in [-0.05, 0) is 42.7 Å². The standard InChI is InChI=1S/C23H27N3O5S2/c27-23(25-13-11-24(12-14-25)20-9-15-32(28,29)17-20)19-5-3-6-21(16-19)33(30,31)26-10-8-18-4-1-2-7-22(18)26/h1-7,16,20H,8-15,17H2/t20-/m0/s1. The average molecular weight is 490 g/mol. The van der Waals surface area contributed by atoms with E-state index in [0.717, 1.165) is 5.56 Å². The van der Waals surface area contributed by atoms with Crippen molar-refractivity contribution in [3.63, 3.8) is 0 Å². The molecule has 33 heavy (non-hydrogen) atoms. The van der Waals surface area contributed by atoms with E-state index in [1.165, 1.54) is 16.4 Å². The molecular weight excluding hydrogens is 462 g/mol. The van der Waals surface area contributed by atoms with Crippen LogP contribution in [-0.4, -0.2) is 82.8 Å². The number of carbonyl (C=O) groups excluding carboxylic acids is 1. The number of nitrogens with zero attached hydrogens (tertiary/aromatic N) is 3. The first kappa shape index (κ1) is 22.4. The van der Waals surface area contributed by atoms with Crippen molar-refractivity contribution < 1.29 is 21.6 Å². The van der Waals surface area contributed by atoms with Gasteiger partial charge in [-0.25, -0.2) is 16.8 Å². The number of fused-ring (bicyclic) bond motifs is 1. The highest BCUT2D eigenvalue weighted by Crippen LogP contribution is 2.33. The van der Waals surface area contributed by atoms with Crippen molar-refractivity contribution in [2.45, 2.75) is 23.8 Å². The third-order valence-corrected chi connectivity index (χ3v) is 10.4. The van der Waals surface area contributed by atoms with Crippen LogP contribution in [0.1, 0.15) is 22.3 Å². The Morgan fingerprint density at radius 3 is 2.42 bits per heavy atom. The number of sulfone groups is 1. The topological polar surface area (TPSA) is 95.1 Å². The molecule has 0 unspecified atom stereocenters. The third kappa shape index (κ3) is 4.27. The molecule has 2 aromatic carbocycles. The first-order valence-electron chi connectivity index (χ1n) is 11.2. The van der Waals surface area contributed by atoms with E-state index in [2.05, 4.69) is 4.90 Å². The van der Waals surface area contributed by atoms with Crippen LogP contribution in [0.15, 0.2) is 53.4 Å². The van der Waals surface area contributed by atoms with Crippen LogP contribution < -0.4 is 4.31 Å².